The highest BCUT2D eigenvalue weighted by atomic mass is 35.5. The van der Waals surface area contributed by atoms with E-state index in [4.69, 9.17) is 21.1 Å². The van der Waals surface area contributed by atoms with Gasteiger partial charge in [-0.25, -0.2) is 8.42 Å². The summed E-state index contributed by atoms with van der Waals surface area (Å²) < 4.78 is 35.1. The molecule has 2 aromatic rings. The standard InChI is InChI=1S/C21H24ClNO6S/c1-3-29-21(25)14-19(15-5-4-6-17(13-15)28-2)23-20(24)11-12-30(26,27)18-9-7-16(22)8-10-18/h4-10,13,19H,3,11-12,14H2,1-2H3,(H,23,24). The number of rotatable bonds is 10. The highest BCUT2D eigenvalue weighted by Crippen LogP contribution is 2.23. The van der Waals surface area contributed by atoms with Gasteiger partial charge in [0.25, 0.3) is 0 Å². The fraction of sp³-hybridized carbons (Fsp3) is 0.333. The number of ether oxygens (including phenoxy) is 2. The summed E-state index contributed by atoms with van der Waals surface area (Å²) in [6.45, 7) is 1.91. The van der Waals surface area contributed by atoms with E-state index in [9.17, 15) is 18.0 Å². The van der Waals surface area contributed by atoms with Crippen LogP contribution in [0.5, 0.6) is 5.75 Å². The van der Waals surface area contributed by atoms with Crippen LogP contribution in [0.15, 0.2) is 53.4 Å². The average Bonchev–Trinajstić information content (AvgIpc) is 2.72. The van der Waals surface area contributed by atoms with Gasteiger partial charge in [-0.05, 0) is 48.9 Å². The van der Waals surface area contributed by atoms with Crippen LogP contribution in [0.1, 0.15) is 31.4 Å². The third-order valence-electron chi connectivity index (χ3n) is 4.28. The third kappa shape index (κ3) is 7.03. The molecule has 1 atom stereocenters. The quantitative estimate of drug-likeness (QED) is 0.554. The molecule has 1 amide bonds. The summed E-state index contributed by atoms with van der Waals surface area (Å²) in [5.41, 5.74) is 0.649. The first kappa shape index (κ1) is 23.7. The molecule has 0 spiro atoms. The second-order valence-corrected chi connectivity index (χ2v) is 8.97. The topological polar surface area (TPSA) is 98.8 Å². The van der Waals surface area contributed by atoms with E-state index < -0.39 is 27.8 Å². The normalized spacial score (nSPS) is 12.1. The molecule has 0 saturated carbocycles. The van der Waals surface area contributed by atoms with Crippen LogP contribution in [0.3, 0.4) is 0 Å². The molecule has 0 aliphatic rings. The zero-order chi connectivity index (χ0) is 22.1. The molecule has 0 aromatic heterocycles. The maximum Gasteiger partial charge on any atom is 0.308 e. The lowest BCUT2D eigenvalue weighted by molar-refractivity contribution is -0.143. The summed E-state index contributed by atoms with van der Waals surface area (Å²) >= 11 is 5.78. The summed E-state index contributed by atoms with van der Waals surface area (Å²) in [6, 6.07) is 12.0. The number of nitrogens with one attached hydrogen (secondary N) is 1. The van der Waals surface area contributed by atoms with Crippen LogP contribution in [0.2, 0.25) is 5.02 Å². The van der Waals surface area contributed by atoms with Gasteiger partial charge in [-0.15, -0.1) is 0 Å². The zero-order valence-corrected chi connectivity index (χ0v) is 18.3. The van der Waals surface area contributed by atoms with Gasteiger partial charge in [-0.2, -0.15) is 0 Å². The number of benzene rings is 2. The first-order valence-electron chi connectivity index (χ1n) is 9.32. The molecule has 2 rings (SSSR count). The van der Waals surface area contributed by atoms with Gasteiger partial charge >= 0.3 is 5.97 Å². The molecule has 0 aliphatic heterocycles. The molecule has 9 heteroatoms. The molecule has 1 unspecified atom stereocenters. The van der Waals surface area contributed by atoms with E-state index in [1.54, 1.807) is 31.2 Å². The lowest BCUT2D eigenvalue weighted by Gasteiger charge is -2.19. The van der Waals surface area contributed by atoms with Gasteiger partial charge in [0.05, 0.1) is 36.8 Å². The Balaban J connectivity index is 2.09. The Morgan fingerprint density at radius 2 is 1.83 bits per heavy atom. The van der Waals surface area contributed by atoms with E-state index in [0.717, 1.165) is 0 Å². The van der Waals surface area contributed by atoms with Gasteiger partial charge in [0.2, 0.25) is 5.91 Å². The first-order chi connectivity index (χ1) is 14.2. The predicted octanol–water partition coefficient (Wildman–Crippen LogP) is 3.32. The largest absolute Gasteiger partial charge is 0.497 e. The molecule has 0 bridgehead atoms. The molecule has 1 N–H and O–H groups in total. The van der Waals surface area contributed by atoms with Crippen LogP contribution in [0, 0.1) is 0 Å². The van der Waals surface area contributed by atoms with Crippen LogP contribution in [0.4, 0.5) is 0 Å². The molecule has 0 aliphatic carbocycles. The van der Waals surface area contributed by atoms with Crippen molar-refractivity contribution in [3.63, 3.8) is 0 Å². The first-order valence-corrected chi connectivity index (χ1v) is 11.4. The molecule has 30 heavy (non-hydrogen) atoms. The zero-order valence-electron chi connectivity index (χ0n) is 16.8. The predicted molar refractivity (Wildman–Crippen MR) is 113 cm³/mol. The van der Waals surface area contributed by atoms with Crippen LogP contribution in [-0.4, -0.2) is 39.8 Å². The van der Waals surface area contributed by atoms with Gasteiger partial charge in [0, 0.05) is 11.4 Å². The van der Waals surface area contributed by atoms with Crippen molar-refractivity contribution in [3.05, 3.63) is 59.1 Å². The number of hydrogen-bond donors (Lipinski definition) is 1. The second kappa shape index (κ2) is 11.0. The smallest absolute Gasteiger partial charge is 0.308 e. The fourth-order valence-corrected chi connectivity index (χ4v) is 4.12. The van der Waals surface area contributed by atoms with Crippen molar-refractivity contribution in [2.45, 2.75) is 30.7 Å². The number of carbonyl (C=O) groups is 2. The third-order valence-corrected chi connectivity index (χ3v) is 6.26. The van der Waals surface area contributed by atoms with Gasteiger partial charge in [0.1, 0.15) is 5.75 Å². The van der Waals surface area contributed by atoms with Gasteiger partial charge in [-0.1, -0.05) is 23.7 Å². The van der Waals surface area contributed by atoms with Gasteiger partial charge < -0.3 is 14.8 Å². The Labute approximate surface area is 181 Å². The molecule has 0 heterocycles. The lowest BCUT2D eigenvalue weighted by Crippen LogP contribution is -2.31. The Morgan fingerprint density at radius 1 is 1.13 bits per heavy atom. The van der Waals surface area contributed by atoms with E-state index in [0.29, 0.717) is 16.3 Å². The summed E-state index contributed by atoms with van der Waals surface area (Å²) in [6.07, 6.45) is -0.342. The maximum absolute atomic E-state index is 12.5. The summed E-state index contributed by atoms with van der Waals surface area (Å²) in [4.78, 5) is 24.5. The van der Waals surface area contributed by atoms with Crippen molar-refractivity contribution >= 4 is 33.3 Å². The van der Waals surface area contributed by atoms with Crippen molar-refractivity contribution < 1.29 is 27.5 Å². The minimum atomic E-state index is -3.65. The monoisotopic (exact) mass is 453 g/mol. The van der Waals surface area contributed by atoms with E-state index in [1.807, 2.05) is 0 Å². The van der Waals surface area contributed by atoms with E-state index in [-0.39, 0.29) is 30.1 Å². The maximum atomic E-state index is 12.5. The van der Waals surface area contributed by atoms with Crippen LogP contribution >= 0.6 is 11.6 Å². The molecular formula is C21H24ClNO6S. The van der Waals surface area contributed by atoms with Crippen LogP contribution in [0.25, 0.3) is 0 Å². The van der Waals surface area contributed by atoms with Crippen molar-refractivity contribution in [1.82, 2.24) is 5.32 Å². The highest BCUT2D eigenvalue weighted by molar-refractivity contribution is 7.91. The second-order valence-electron chi connectivity index (χ2n) is 6.43. The van der Waals surface area contributed by atoms with Crippen LogP contribution < -0.4 is 10.1 Å². The van der Waals surface area contributed by atoms with Gasteiger partial charge in [0.15, 0.2) is 9.84 Å². The molecule has 0 radical (unpaired) electrons. The van der Waals surface area contributed by atoms with Crippen molar-refractivity contribution in [2.75, 3.05) is 19.5 Å². The number of methoxy groups -OCH3 is 1. The number of amides is 1. The summed E-state index contributed by atoms with van der Waals surface area (Å²) in [7, 11) is -2.13. The van der Waals surface area contributed by atoms with Crippen molar-refractivity contribution in [3.8, 4) is 5.75 Å². The number of halogens is 1. The number of sulfone groups is 1. The Bertz CT molecular complexity index is 975. The summed E-state index contributed by atoms with van der Waals surface area (Å²) in [5.74, 6) is -0.768. The Kier molecular flexibility index (Phi) is 8.68. The van der Waals surface area contributed by atoms with E-state index in [1.165, 1.54) is 31.4 Å². The lowest BCUT2D eigenvalue weighted by atomic mass is 10.0. The average molecular weight is 454 g/mol. The molecule has 162 valence electrons. The number of carbonyl (C=O) groups excluding carboxylic acids is 2. The molecule has 2 aromatic carbocycles. The Morgan fingerprint density at radius 3 is 2.47 bits per heavy atom. The molecule has 0 fully saturated rings. The minimum absolute atomic E-state index is 0.0866. The minimum Gasteiger partial charge on any atom is -0.497 e. The van der Waals surface area contributed by atoms with Gasteiger partial charge in [-0.3, -0.25) is 9.59 Å². The van der Waals surface area contributed by atoms with E-state index >= 15 is 0 Å². The fourth-order valence-electron chi connectivity index (χ4n) is 2.75. The Hall–Kier alpha value is -2.58. The highest BCUT2D eigenvalue weighted by Gasteiger charge is 2.22. The summed E-state index contributed by atoms with van der Waals surface area (Å²) in [5, 5.41) is 3.15. The van der Waals surface area contributed by atoms with Crippen molar-refractivity contribution in [1.29, 1.82) is 0 Å². The van der Waals surface area contributed by atoms with Crippen LogP contribution in [-0.2, 0) is 24.2 Å². The van der Waals surface area contributed by atoms with E-state index in [2.05, 4.69) is 5.32 Å². The number of hydrogen-bond acceptors (Lipinski definition) is 6. The molecular weight excluding hydrogens is 430 g/mol. The molecule has 7 nitrogen and oxygen atoms in total. The van der Waals surface area contributed by atoms with Crippen molar-refractivity contribution in [2.24, 2.45) is 0 Å². The SMILES string of the molecule is CCOC(=O)CC(NC(=O)CCS(=O)(=O)c1ccc(Cl)cc1)c1cccc(OC)c1. The number of esters is 1. The molecule has 0 saturated heterocycles.